The molecule has 3 aliphatic rings. The molecule has 2 aromatic rings. The lowest BCUT2D eigenvalue weighted by Gasteiger charge is -2.31. The fourth-order valence-electron chi connectivity index (χ4n) is 6.09. The van der Waals surface area contributed by atoms with Crippen molar-refractivity contribution in [3.63, 3.8) is 0 Å². The molecule has 0 nitrogen and oxygen atoms in total. The van der Waals surface area contributed by atoms with Crippen molar-refractivity contribution in [2.45, 2.75) is 56.8 Å². The highest BCUT2D eigenvalue weighted by Gasteiger charge is 2.42. The minimum atomic E-state index is 0.839. The minimum Gasteiger partial charge on any atom is -0.0620 e. The molecule has 0 saturated heterocycles. The molecule has 2 aromatic carbocycles. The third-order valence-electron chi connectivity index (χ3n) is 7.02. The Bertz CT molecular complexity index is 652. The van der Waals surface area contributed by atoms with Crippen molar-refractivity contribution in [3.05, 3.63) is 70.8 Å². The summed E-state index contributed by atoms with van der Waals surface area (Å²) in [6, 6.07) is 18.5. The monoisotopic (exact) mass is 302 g/mol. The summed E-state index contributed by atoms with van der Waals surface area (Å²) in [6.07, 6.45) is 9.79. The number of hydrogen-bond donors (Lipinski definition) is 0. The van der Waals surface area contributed by atoms with Crippen molar-refractivity contribution >= 4 is 0 Å². The second kappa shape index (κ2) is 5.51. The topological polar surface area (TPSA) is 0 Å². The van der Waals surface area contributed by atoms with E-state index in [1.165, 1.54) is 44.9 Å². The Balaban J connectivity index is 1.46. The summed E-state index contributed by atoms with van der Waals surface area (Å²) in [4.78, 5) is 0. The second-order valence-corrected chi connectivity index (χ2v) is 7.95. The largest absolute Gasteiger partial charge is 0.0620 e. The van der Waals surface area contributed by atoms with Gasteiger partial charge in [0.25, 0.3) is 0 Å². The van der Waals surface area contributed by atoms with E-state index in [-0.39, 0.29) is 0 Å². The Morgan fingerprint density at radius 3 is 1.57 bits per heavy atom. The van der Waals surface area contributed by atoms with Crippen molar-refractivity contribution in [2.24, 2.45) is 11.8 Å². The fourth-order valence-corrected chi connectivity index (χ4v) is 6.09. The molecule has 0 spiro atoms. The van der Waals surface area contributed by atoms with Crippen LogP contribution in [0, 0.1) is 11.8 Å². The van der Waals surface area contributed by atoms with Crippen LogP contribution < -0.4 is 0 Å². The van der Waals surface area contributed by atoms with Gasteiger partial charge in [-0.15, -0.1) is 0 Å². The lowest BCUT2D eigenvalue weighted by atomic mass is 9.73. The molecule has 0 aliphatic heterocycles. The molecule has 0 radical (unpaired) electrons. The van der Waals surface area contributed by atoms with Crippen LogP contribution in [0.2, 0.25) is 0 Å². The van der Waals surface area contributed by atoms with E-state index in [0.29, 0.717) is 0 Å². The van der Waals surface area contributed by atoms with Crippen LogP contribution in [-0.2, 0) is 12.8 Å². The highest BCUT2D eigenvalue weighted by molar-refractivity contribution is 5.38. The Morgan fingerprint density at radius 1 is 0.565 bits per heavy atom. The predicted octanol–water partition coefficient (Wildman–Crippen LogP) is 5.86. The average Bonchev–Trinajstić information content (AvgIpc) is 3.31. The first-order chi connectivity index (χ1) is 11.4. The van der Waals surface area contributed by atoms with Gasteiger partial charge in [-0.2, -0.15) is 0 Å². The molecule has 3 aliphatic carbocycles. The van der Waals surface area contributed by atoms with Gasteiger partial charge in [-0.05, 0) is 84.5 Å². The molecule has 0 heterocycles. The maximum absolute atomic E-state index is 2.42. The van der Waals surface area contributed by atoms with Crippen molar-refractivity contribution < 1.29 is 0 Å². The first kappa shape index (κ1) is 13.8. The molecule has 0 amide bonds. The standard InChI is InChI=1S/C23H26/c1-3-8-18-16(6-1)12-14-22(18)20-10-5-11-21(20)23-15-13-17-7-2-4-9-19(17)23/h1-4,6-9,20-23H,5,10-15H2. The molecule has 4 atom stereocenters. The van der Waals surface area contributed by atoms with Gasteiger partial charge < -0.3 is 0 Å². The minimum absolute atomic E-state index is 0.839. The van der Waals surface area contributed by atoms with Crippen LogP contribution in [0.25, 0.3) is 0 Å². The van der Waals surface area contributed by atoms with Crippen LogP contribution in [0.3, 0.4) is 0 Å². The van der Waals surface area contributed by atoms with Crippen LogP contribution >= 0.6 is 0 Å². The number of rotatable bonds is 2. The Hall–Kier alpha value is -1.56. The lowest BCUT2D eigenvalue weighted by Crippen LogP contribution is -2.21. The molecule has 1 saturated carbocycles. The zero-order valence-electron chi connectivity index (χ0n) is 13.9. The highest BCUT2D eigenvalue weighted by atomic mass is 14.5. The molecule has 5 rings (SSSR count). The molecule has 0 aromatic heterocycles. The van der Waals surface area contributed by atoms with Crippen molar-refractivity contribution in [3.8, 4) is 0 Å². The first-order valence-electron chi connectivity index (χ1n) is 9.57. The SMILES string of the molecule is c1ccc2c(c1)CCC2C1CCCC1C1CCc2ccccc21. The Morgan fingerprint density at radius 2 is 1.04 bits per heavy atom. The van der Waals surface area contributed by atoms with Crippen LogP contribution in [0.1, 0.15) is 66.2 Å². The van der Waals surface area contributed by atoms with Gasteiger partial charge in [0.2, 0.25) is 0 Å². The summed E-state index contributed by atoms with van der Waals surface area (Å²) in [5.41, 5.74) is 6.65. The maximum Gasteiger partial charge on any atom is -0.0125 e. The molecule has 0 bridgehead atoms. The van der Waals surface area contributed by atoms with Crippen molar-refractivity contribution in [2.75, 3.05) is 0 Å². The summed E-state index contributed by atoms with van der Waals surface area (Å²) in [5, 5.41) is 0. The van der Waals surface area contributed by atoms with E-state index in [0.717, 1.165) is 23.7 Å². The van der Waals surface area contributed by atoms with Gasteiger partial charge in [-0.3, -0.25) is 0 Å². The Labute approximate surface area is 139 Å². The third-order valence-corrected chi connectivity index (χ3v) is 7.02. The van der Waals surface area contributed by atoms with E-state index in [4.69, 9.17) is 0 Å². The molecule has 1 fully saturated rings. The van der Waals surface area contributed by atoms with Crippen LogP contribution in [0.5, 0.6) is 0 Å². The smallest absolute Gasteiger partial charge is 0.0125 e. The van der Waals surface area contributed by atoms with Gasteiger partial charge >= 0.3 is 0 Å². The van der Waals surface area contributed by atoms with Crippen LogP contribution in [-0.4, -0.2) is 0 Å². The molecule has 0 heteroatoms. The zero-order valence-corrected chi connectivity index (χ0v) is 13.9. The van der Waals surface area contributed by atoms with E-state index in [1.54, 1.807) is 22.3 Å². The van der Waals surface area contributed by atoms with Gasteiger partial charge in [0, 0.05) is 0 Å². The molecular formula is C23H26. The molecule has 118 valence electrons. The zero-order chi connectivity index (χ0) is 15.2. The molecule has 4 unspecified atom stereocenters. The van der Waals surface area contributed by atoms with E-state index in [2.05, 4.69) is 48.5 Å². The van der Waals surface area contributed by atoms with E-state index in [9.17, 15) is 0 Å². The quantitative estimate of drug-likeness (QED) is 0.651. The van der Waals surface area contributed by atoms with Gasteiger partial charge in [-0.25, -0.2) is 0 Å². The van der Waals surface area contributed by atoms with Crippen LogP contribution in [0.15, 0.2) is 48.5 Å². The highest BCUT2D eigenvalue weighted by Crippen LogP contribution is 2.54. The lowest BCUT2D eigenvalue weighted by molar-refractivity contribution is 0.276. The number of benzene rings is 2. The van der Waals surface area contributed by atoms with E-state index >= 15 is 0 Å². The molecule has 0 N–H and O–H groups in total. The fraction of sp³-hybridized carbons (Fsp3) is 0.478. The first-order valence-corrected chi connectivity index (χ1v) is 9.57. The summed E-state index contributed by atoms with van der Waals surface area (Å²) < 4.78 is 0. The van der Waals surface area contributed by atoms with Crippen molar-refractivity contribution in [1.29, 1.82) is 0 Å². The van der Waals surface area contributed by atoms with Gasteiger partial charge in [-0.1, -0.05) is 55.0 Å². The average molecular weight is 302 g/mol. The second-order valence-electron chi connectivity index (χ2n) is 7.95. The summed E-state index contributed by atoms with van der Waals surface area (Å²) >= 11 is 0. The normalized spacial score (nSPS) is 32.0. The molecular weight excluding hydrogens is 276 g/mol. The van der Waals surface area contributed by atoms with E-state index in [1.807, 2.05) is 0 Å². The van der Waals surface area contributed by atoms with Crippen molar-refractivity contribution in [1.82, 2.24) is 0 Å². The third kappa shape index (κ3) is 2.18. The van der Waals surface area contributed by atoms with Gasteiger partial charge in [0.15, 0.2) is 0 Å². The molecule has 23 heavy (non-hydrogen) atoms. The maximum atomic E-state index is 2.42. The van der Waals surface area contributed by atoms with Gasteiger partial charge in [0.1, 0.15) is 0 Å². The Kier molecular flexibility index (Phi) is 3.32. The summed E-state index contributed by atoms with van der Waals surface area (Å²) in [7, 11) is 0. The number of aryl methyl sites for hydroxylation is 2. The summed E-state index contributed by atoms with van der Waals surface area (Å²) in [6.45, 7) is 0. The number of hydrogen-bond acceptors (Lipinski definition) is 0. The summed E-state index contributed by atoms with van der Waals surface area (Å²) in [5.74, 6) is 3.53. The van der Waals surface area contributed by atoms with Crippen LogP contribution in [0.4, 0.5) is 0 Å². The predicted molar refractivity (Wildman–Crippen MR) is 95.8 cm³/mol. The van der Waals surface area contributed by atoms with Gasteiger partial charge in [0.05, 0.1) is 0 Å². The number of fused-ring (bicyclic) bond motifs is 2. The van der Waals surface area contributed by atoms with E-state index < -0.39 is 0 Å².